The number of nitrogens with zero attached hydrogens (tertiary/aromatic N) is 1. The lowest BCUT2D eigenvalue weighted by Gasteiger charge is -2.17. The monoisotopic (exact) mass is 326 g/mol. The summed E-state index contributed by atoms with van der Waals surface area (Å²) in [5, 5.41) is 2.96. The largest absolute Gasteiger partial charge is 0.469 e. The summed E-state index contributed by atoms with van der Waals surface area (Å²) >= 11 is 0. The zero-order chi connectivity index (χ0) is 16.8. The van der Waals surface area contributed by atoms with Gasteiger partial charge >= 0.3 is 0 Å². The zero-order valence-corrected chi connectivity index (χ0v) is 13.6. The quantitative estimate of drug-likeness (QED) is 0.848. The van der Waals surface area contributed by atoms with E-state index in [-0.39, 0.29) is 17.9 Å². The predicted molar refractivity (Wildman–Crippen MR) is 90.3 cm³/mol. The number of hydrogen-bond acceptors (Lipinski definition) is 3. The lowest BCUT2D eigenvalue weighted by Crippen LogP contribution is -2.37. The van der Waals surface area contributed by atoms with Crippen molar-refractivity contribution in [2.75, 3.05) is 13.1 Å². The van der Waals surface area contributed by atoms with Gasteiger partial charge in [-0.25, -0.2) is 0 Å². The van der Waals surface area contributed by atoms with E-state index in [1.807, 2.05) is 35.2 Å². The number of aryl methyl sites for hydroxylation is 1. The van der Waals surface area contributed by atoms with E-state index in [0.29, 0.717) is 32.4 Å². The molecule has 1 fully saturated rings. The molecule has 0 aliphatic carbocycles. The third-order valence-electron chi connectivity index (χ3n) is 4.27. The first kappa shape index (κ1) is 16.3. The van der Waals surface area contributed by atoms with Crippen molar-refractivity contribution >= 4 is 11.8 Å². The van der Waals surface area contributed by atoms with Gasteiger partial charge in [0.15, 0.2) is 0 Å². The molecule has 5 heteroatoms. The molecule has 5 nitrogen and oxygen atoms in total. The third kappa shape index (κ3) is 4.47. The number of carbonyl (C=O) groups is 2. The summed E-state index contributed by atoms with van der Waals surface area (Å²) in [5.74, 6) is 0.883. The summed E-state index contributed by atoms with van der Waals surface area (Å²) in [4.78, 5) is 25.9. The van der Waals surface area contributed by atoms with Crippen LogP contribution in [-0.2, 0) is 22.4 Å². The van der Waals surface area contributed by atoms with Crippen LogP contribution in [-0.4, -0.2) is 35.8 Å². The predicted octanol–water partition coefficient (Wildman–Crippen LogP) is 2.17. The second kappa shape index (κ2) is 7.81. The molecule has 1 saturated heterocycles. The molecule has 1 aromatic carbocycles. The molecule has 1 atom stereocenters. The van der Waals surface area contributed by atoms with Crippen LogP contribution in [0.5, 0.6) is 0 Å². The average molecular weight is 326 g/mol. The Hall–Kier alpha value is -2.56. The van der Waals surface area contributed by atoms with Gasteiger partial charge in [0.25, 0.3) is 0 Å². The molecule has 1 aliphatic rings. The van der Waals surface area contributed by atoms with Crippen LogP contribution in [0.1, 0.15) is 24.2 Å². The number of rotatable bonds is 7. The van der Waals surface area contributed by atoms with E-state index < -0.39 is 0 Å². The van der Waals surface area contributed by atoms with Gasteiger partial charge in [-0.05, 0) is 24.1 Å². The highest BCUT2D eigenvalue weighted by atomic mass is 16.3. The van der Waals surface area contributed by atoms with E-state index in [1.165, 1.54) is 5.56 Å². The molecular formula is C19H22N2O3. The summed E-state index contributed by atoms with van der Waals surface area (Å²) in [6, 6.07) is 13.7. The van der Waals surface area contributed by atoms with Gasteiger partial charge in [-0.2, -0.15) is 0 Å². The third-order valence-corrected chi connectivity index (χ3v) is 4.27. The first-order valence-corrected chi connectivity index (χ1v) is 8.34. The molecule has 126 valence electrons. The summed E-state index contributed by atoms with van der Waals surface area (Å²) in [7, 11) is 0. The Morgan fingerprint density at radius 1 is 1.17 bits per heavy atom. The number of benzene rings is 1. The molecule has 0 saturated carbocycles. The van der Waals surface area contributed by atoms with Crippen LogP contribution >= 0.6 is 0 Å². The molecular weight excluding hydrogens is 304 g/mol. The maximum atomic E-state index is 12.1. The number of carbonyl (C=O) groups excluding carboxylic acids is 2. The summed E-state index contributed by atoms with van der Waals surface area (Å²) < 4.78 is 5.22. The van der Waals surface area contributed by atoms with Crippen LogP contribution in [0.4, 0.5) is 0 Å². The van der Waals surface area contributed by atoms with Gasteiger partial charge in [0, 0.05) is 32.4 Å². The minimum absolute atomic E-state index is 0.0332. The average Bonchev–Trinajstić information content (AvgIpc) is 3.22. The van der Waals surface area contributed by atoms with Crippen molar-refractivity contribution in [1.82, 2.24) is 10.2 Å². The maximum absolute atomic E-state index is 12.1. The fourth-order valence-electron chi connectivity index (χ4n) is 2.99. The Morgan fingerprint density at radius 2 is 2.00 bits per heavy atom. The fourth-order valence-corrected chi connectivity index (χ4v) is 2.99. The topological polar surface area (TPSA) is 62.6 Å². The molecule has 0 radical (unpaired) electrons. The zero-order valence-electron chi connectivity index (χ0n) is 13.6. The molecule has 0 bridgehead atoms. The molecule has 1 N–H and O–H groups in total. The number of furan rings is 1. The van der Waals surface area contributed by atoms with E-state index >= 15 is 0 Å². The molecule has 2 amide bonds. The normalized spacial score (nSPS) is 17.2. The number of amides is 2. The van der Waals surface area contributed by atoms with Crippen molar-refractivity contribution in [2.24, 2.45) is 0 Å². The van der Waals surface area contributed by atoms with Gasteiger partial charge in [0.05, 0.1) is 12.3 Å². The van der Waals surface area contributed by atoms with Crippen molar-refractivity contribution < 1.29 is 14.0 Å². The Labute approximate surface area is 141 Å². The van der Waals surface area contributed by atoms with Gasteiger partial charge in [-0.15, -0.1) is 0 Å². The Balaban J connectivity index is 1.41. The molecule has 1 aromatic heterocycles. The van der Waals surface area contributed by atoms with Gasteiger partial charge in [0.2, 0.25) is 11.8 Å². The molecule has 2 aromatic rings. The summed E-state index contributed by atoms with van der Waals surface area (Å²) in [5.41, 5.74) is 1.22. The van der Waals surface area contributed by atoms with E-state index in [1.54, 1.807) is 6.26 Å². The van der Waals surface area contributed by atoms with Gasteiger partial charge in [-0.3, -0.25) is 9.59 Å². The van der Waals surface area contributed by atoms with Crippen molar-refractivity contribution in [3.8, 4) is 0 Å². The van der Waals surface area contributed by atoms with Crippen LogP contribution in [0.3, 0.4) is 0 Å². The lowest BCUT2D eigenvalue weighted by atomic mass is 10.1. The number of hydrogen-bond donors (Lipinski definition) is 1. The minimum Gasteiger partial charge on any atom is -0.469 e. The van der Waals surface area contributed by atoms with Crippen molar-refractivity contribution in [3.63, 3.8) is 0 Å². The van der Waals surface area contributed by atoms with Crippen molar-refractivity contribution in [3.05, 3.63) is 60.1 Å². The summed E-state index contributed by atoms with van der Waals surface area (Å²) in [6.45, 7) is 1.29. The van der Waals surface area contributed by atoms with E-state index in [2.05, 4.69) is 17.4 Å². The molecule has 2 heterocycles. The highest BCUT2D eigenvalue weighted by molar-refractivity contribution is 5.82. The Kier molecular flexibility index (Phi) is 5.31. The summed E-state index contributed by atoms with van der Waals surface area (Å²) in [6.07, 6.45) is 3.79. The standard InChI is InChI=1S/C19H22N2O3/c22-18(9-8-17-7-4-12-24-17)20-16-13-19(23)21(14-16)11-10-15-5-2-1-3-6-15/h1-7,12,16H,8-11,13-14H2,(H,20,22). The van der Waals surface area contributed by atoms with Gasteiger partial charge < -0.3 is 14.6 Å². The molecule has 1 aliphatic heterocycles. The molecule has 24 heavy (non-hydrogen) atoms. The highest BCUT2D eigenvalue weighted by Crippen LogP contribution is 2.13. The van der Waals surface area contributed by atoms with Crippen molar-refractivity contribution in [2.45, 2.75) is 31.7 Å². The molecule has 3 rings (SSSR count). The lowest BCUT2D eigenvalue weighted by molar-refractivity contribution is -0.127. The van der Waals surface area contributed by atoms with Crippen LogP contribution < -0.4 is 5.32 Å². The molecule has 0 spiro atoms. The molecule has 1 unspecified atom stereocenters. The van der Waals surface area contributed by atoms with E-state index in [9.17, 15) is 9.59 Å². The highest BCUT2D eigenvalue weighted by Gasteiger charge is 2.30. The smallest absolute Gasteiger partial charge is 0.224 e. The van der Waals surface area contributed by atoms with E-state index in [4.69, 9.17) is 4.42 Å². The van der Waals surface area contributed by atoms with Gasteiger partial charge in [0.1, 0.15) is 5.76 Å². The van der Waals surface area contributed by atoms with Crippen LogP contribution in [0.15, 0.2) is 53.1 Å². The fraction of sp³-hybridized carbons (Fsp3) is 0.368. The van der Waals surface area contributed by atoms with Crippen LogP contribution in [0.25, 0.3) is 0 Å². The SMILES string of the molecule is O=C(CCc1ccco1)NC1CC(=O)N(CCc2ccccc2)C1. The Bertz CT molecular complexity index is 667. The first-order valence-electron chi connectivity index (χ1n) is 8.34. The first-order chi connectivity index (χ1) is 11.7. The maximum Gasteiger partial charge on any atom is 0.224 e. The number of likely N-dealkylation sites (tertiary alicyclic amines) is 1. The van der Waals surface area contributed by atoms with Crippen LogP contribution in [0, 0.1) is 0 Å². The van der Waals surface area contributed by atoms with Crippen LogP contribution in [0.2, 0.25) is 0 Å². The Morgan fingerprint density at radius 3 is 2.75 bits per heavy atom. The van der Waals surface area contributed by atoms with Gasteiger partial charge in [-0.1, -0.05) is 30.3 Å². The second-order valence-electron chi connectivity index (χ2n) is 6.12. The van der Waals surface area contributed by atoms with E-state index in [0.717, 1.165) is 12.2 Å². The number of nitrogens with one attached hydrogen (secondary N) is 1. The second-order valence-corrected chi connectivity index (χ2v) is 6.12. The van der Waals surface area contributed by atoms with Crippen molar-refractivity contribution in [1.29, 1.82) is 0 Å². The minimum atomic E-state index is -0.0858.